The van der Waals surface area contributed by atoms with Gasteiger partial charge >= 0.3 is 6.09 Å². The Kier molecular flexibility index (Phi) is 6.51. The summed E-state index contributed by atoms with van der Waals surface area (Å²) in [4.78, 5) is 42.4. The molecule has 9 heteroatoms. The monoisotopic (exact) mass is 477 g/mol. The number of aromatic nitrogens is 2. The van der Waals surface area contributed by atoms with E-state index in [9.17, 15) is 19.5 Å². The fourth-order valence-corrected chi connectivity index (χ4v) is 4.47. The summed E-state index contributed by atoms with van der Waals surface area (Å²) >= 11 is 0. The van der Waals surface area contributed by atoms with Gasteiger partial charge in [-0.25, -0.2) is 4.79 Å². The molecule has 4 rings (SSSR count). The number of nitrogens with zero attached hydrogens (tertiary/aromatic N) is 5. The number of hydrogen-bond donors (Lipinski definition) is 1. The van der Waals surface area contributed by atoms with E-state index in [4.69, 9.17) is 0 Å². The molecule has 3 amide bonds. The number of fused-ring (bicyclic) bond motifs is 1. The minimum absolute atomic E-state index is 0.0201. The molecule has 184 valence electrons. The van der Waals surface area contributed by atoms with E-state index in [0.717, 1.165) is 11.1 Å². The Labute approximate surface area is 204 Å². The van der Waals surface area contributed by atoms with Gasteiger partial charge in [-0.3, -0.25) is 19.2 Å². The molecule has 1 fully saturated rings. The molecular weight excluding hydrogens is 446 g/mol. The van der Waals surface area contributed by atoms with Gasteiger partial charge in [0.05, 0.1) is 5.52 Å². The van der Waals surface area contributed by atoms with Crippen LogP contribution in [0, 0.1) is 6.92 Å². The molecule has 2 heterocycles. The Balaban J connectivity index is 1.45. The van der Waals surface area contributed by atoms with Crippen molar-refractivity contribution in [3.63, 3.8) is 0 Å². The van der Waals surface area contributed by atoms with Gasteiger partial charge in [-0.05, 0) is 58.0 Å². The lowest BCUT2D eigenvalue weighted by Gasteiger charge is -2.34. The van der Waals surface area contributed by atoms with Crippen LogP contribution < -0.4 is 4.90 Å². The summed E-state index contributed by atoms with van der Waals surface area (Å²) in [6, 6.07) is 14.5. The number of aryl methyl sites for hydroxylation is 1. The average molecular weight is 478 g/mol. The second-order valence-corrected chi connectivity index (χ2v) is 9.77. The molecule has 2 aromatic carbocycles. The zero-order valence-electron chi connectivity index (χ0n) is 20.6. The highest BCUT2D eigenvalue weighted by Gasteiger charge is 2.29. The predicted molar refractivity (Wildman–Crippen MR) is 134 cm³/mol. The maximum atomic E-state index is 13.0. The van der Waals surface area contributed by atoms with Crippen LogP contribution in [0.3, 0.4) is 0 Å². The van der Waals surface area contributed by atoms with Crippen molar-refractivity contribution >= 4 is 34.5 Å². The third-order valence-electron chi connectivity index (χ3n) is 6.33. The lowest BCUT2D eigenvalue weighted by Crippen LogP contribution is -2.51. The molecule has 1 saturated heterocycles. The topological polar surface area (TPSA) is 99.0 Å². The summed E-state index contributed by atoms with van der Waals surface area (Å²) in [6.45, 7) is 9.41. The number of carbonyl (C=O) groups excluding carboxylic acids is 2. The predicted octanol–water partition coefficient (Wildman–Crippen LogP) is 3.61. The van der Waals surface area contributed by atoms with Crippen LogP contribution in [-0.4, -0.2) is 74.3 Å². The molecule has 0 unspecified atom stereocenters. The first-order chi connectivity index (χ1) is 16.6. The van der Waals surface area contributed by atoms with E-state index in [1.807, 2.05) is 52.0 Å². The quantitative estimate of drug-likeness (QED) is 0.619. The van der Waals surface area contributed by atoms with Crippen molar-refractivity contribution in [2.24, 2.45) is 0 Å². The summed E-state index contributed by atoms with van der Waals surface area (Å²) in [5, 5.41) is 15.1. The first kappa shape index (κ1) is 24.3. The first-order valence-corrected chi connectivity index (χ1v) is 11.7. The van der Waals surface area contributed by atoms with E-state index >= 15 is 0 Å². The molecule has 0 spiro atoms. The van der Waals surface area contributed by atoms with E-state index in [1.54, 1.807) is 38.7 Å². The van der Waals surface area contributed by atoms with E-state index in [-0.39, 0.29) is 18.4 Å². The van der Waals surface area contributed by atoms with Crippen LogP contribution in [0.15, 0.2) is 48.5 Å². The van der Waals surface area contributed by atoms with E-state index in [0.29, 0.717) is 42.9 Å². The fraction of sp³-hybridized carbons (Fsp3) is 0.385. The van der Waals surface area contributed by atoms with Crippen molar-refractivity contribution in [3.05, 3.63) is 59.8 Å². The standard InChI is InChI=1S/C26H31N5O4/c1-18-21-16-20(31(25(34)35)26(2,3)4)10-11-22(21)27-30(18)17-23(32)28-12-14-29(15-13-28)24(33)19-8-6-5-7-9-19/h5-11,16H,12-15,17H2,1-4H3,(H,34,35). The SMILES string of the molecule is Cc1c2cc(N(C(=O)O)C(C)(C)C)ccc2nn1CC(=O)N1CCN(C(=O)c2ccccc2)CC1. The second-order valence-electron chi connectivity index (χ2n) is 9.77. The average Bonchev–Trinajstić information content (AvgIpc) is 3.13. The molecule has 9 nitrogen and oxygen atoms in total. The minimum Gasteiger partial charge on any atom is -0.465 e. The summed E-state index contributed by atoms with van der Waals surface area (Å²) < 4.78 is 1.67. The van der Waals surface area contributed by atoms with Gasteiger partial charge in [-0.1, -0.05) is 18.2 Å². The van der Waals surface area contributed by atoms with Crippen LogP contribution in [0.1, 0.15) is 36.8 Å². The fourth-order valence-electron chi connectivity index (χ4n) is 4.47. The number of piperazine rings is 1. The highest BCUT2D eigenvalue weighted by molar-refractivity contribution is 5.94. The van der Waals surface area contributed by atoms with Gasteiger partial charge in [0.15, 0.2) is 0 Å². The molecule has 1 N–H and O–H groups in total. The Bertz CT molecular complexity index is 1250. The van der Waals surface area contributed by atoms with E-state index in [1.165, 1.54) is 4.90 Å². The van der Waals surface area contributed by atoms with Crippen LogP contribution in [0.25, 0.3) is 10.9 Å². The lowest BCUT2D eigenvalue weighted by molar-refractivity contribution is -0.133. The normalized spacial score (nSPS) is 14.3. The highest BCUT2D eigenvalue weighted by atomic mass is 16.4. The highest BCUT2D eigenvalue weighted by Crippen LogP contribution is 2.29. The molecule has 0 atom stereocenters. The molecule has 1 aromatic heterocycles. The van der Waals surface area contributed by atoms with Gasteiger partial charge in [-0.15, -0.1) is 0 Å². The van der Waals surface area contributed by atoms with Gasteiger partial charge in [-0.2, -0.15) is 5.10 Å². The molecule has 35 heavy (non-hydrogen) atoms. The smallest absolute Gasteiger partial charge is 0.412 e. The maximum Gasteiger partial charge on any atom is 0.412 e. The molecule has 0 radical (unpaired) electrons. The molecule has 1 aliphatic rings. The maximum absolute atomic E-state index is 13.0. The van der Waals surface area contributed by atoms with Crippen LogP contribution in [-0.2, 0) is 11.3 Å². The number of hydrogen-bond acceptors (Lipinski definition) is 4. The summed E-state index contributed by atoms with van der Waals surface area (Å²) in [5.41, 5.74) is 2.11. The number of carboxylic acid groups (broad SMARTS) is 1. The second kappa shape index (κ2) is 9.40. The van der Waals surface area contributed by atoms with Crippen molar-refractivity contribution < 1.29 is 19.5 Å². The summed E-state index contributed by atoms with van der Waals surface area (Å²) in [6.07, 6.45) is -1.03. The zero-order chi connectivity index (χ0) is 25.3. The van der Waals surface area contributed by atoms with Crippen molar-refractivity contribution in [2.45, 2.75) is 39.8 Å². The van der Waals surface area contributed by atoms with Crippen LogP contribution in [0.5, 0.6) is 0 Å². The Morgan fingerprint density at radius 1 is 0.971 bits per heavy atom. The molecule has 0 bridgehead atoms. The minimum atomic E-state index is -1.03. The van der Waals surface area contributed by atoms with Crippen LogP contribution in [0.2, 0.25) is 0 Å². The Morgan fingerprint density at radius 3 is 2.20 bits per heavy atom. The molecule has 0 aliphatic carbocycles. The van der Waals surface area contributed by atoms with Crippen molar-refractivity contribution in [3.8, 4) is 0 Å². The zero-order valence-corrected chi connectivity index (χ0v) is 20.6. The number of carbonyl (C=O) groups is 3. The molecule has 1 aliphatic heterocycles. The third-order valence-corrected chi connectivity index (χ3v) is 6.33. The number of amides is 3. The summed E-state index contributed by atoms with van der Waals surface area (Å²) in [5.74, 6) is -0.0804. The number of benzene rings is 2. The van der Waals surface area contributed by atoms with Crippen LogP contribution in [0.4, 0.5) is 10.5 Å². The first-order valence-electron chi connectivity index (χ1n) is 11.7. The van der Waals surface area contributed by atoms with E-state index < -0.39 is 11.6 Å². The Morgan fingerprint density at radius 2 is 1.60 bits per heavy atom. The van der Waals surface area contributed by atoms with Crippen molar-refractivity contribution in [2.75, 3.05) is 31.1 Å². The summed E-state index contributed by atoms with van der Waals surface area (Å²) in [7, 11) is 0. The van der Waals surface area contributed by atoms with Gasteiger partial charge in [0, 0.05) is 54.0 Å². The number of anilines is 1. The number of rotatable bonds is 4. The van der Waals surface area contributed by atoms with E-state index in [2.05, 4.69) is 5.10 Å². The van der Waals surface area contributed by atoms with Gasteiger partial charge in [0.1, 0.15) is 6.54 Å². The largest absolute Gasteiger partial charge is 0.465 e. The van der Waals surface area contributed by atoms with Crippen molar-refractivity contribution in [1.82, 2.24) is 19.6 Å². The molecule has 0 saturated carbocycles. The van der Waals surface area contributed by atoms with Gasteiger partial charge in [0.25, 0.3) is 5.91 Å². The Hall–Kier alpha value is -3.88. The van der Waals surface area contributed by atoms with Crippen LogP contribution >= 0.6 is 0 Å². The lowest BCUT2D eigenvalue weighted by atomic mass is 10.0. The van der Waals surface area contributed by atoms with Gasteiger partial charge in [0.2, 0.25) is 5.91 Å². The van der Waals surface area contributed by atoms with Crippen molar-refractivity contribution in [1.29, 1.82) is 0 Å². The molecular formula is C26H31N5O4. The third kappa shape index (κ3) is 4.99. The molecule has 3 aromatic rings. The van der Waals surface area contributed by atoms with Gasteiger partial charge < -0.3 is 14.9 Å².